The minimum absolute atomic E-state index is 0.0152. The van der Waals surface area contributed by atoms with Crippen molar-refractivity contribution in [2.75, 3.05) is 6.61 Å². The summed E-state index contributed by atoms with van der Waals surface area (Å²) in [5.41, 5.74) is 7.12. The summed E-state index contributed by atoms with van der Waals surface area (Å²) in [5, 5.41) is 0. The fourth-order valence-electron chi connectivity index (χ4n) is 4.65. The van der Waals surface area contributed by atoms with Gasteiger partial charge in [0.05, 0.1) is 23.4 Å². The predicted molar refractivity (Wildman–Crippen MR) is 150 cm³/mol. The van der Waals surface area contributed by atoms with Gasteiger partial charge in [0, 0.05) is 0 Å². The van der Waals surface area contributed by atoms with Crippen LogP contribution in [0.25, 0.3) is 5.70 Å². The molecule has 1 heterocycles. The largest absolute Gasteiger partial charge is 0.462 e. The van der Waals surface area contributed by atoms with Crippen molar-refractivity contribution in [3.63, 3.8) is 0 Å². The molecule has 0 fully saturated rings. The van der Waals surface area contributed by atoms with E-state index in [2.05, 4.69) is 6.92 Å². The predicted octanol–water partition coefficient (Wildman–Crippen LogP) is 7.41. The number of carbonyl (C=O) groups is 3. The normalized spacial score (nSPS) is 14.1. The van der Waals surface area contributed by atoms with E-state index < -0.39 is 17.7 Å². The van der Waals surface area contributed by atoms with Crippen LogP contribution in [-0.4, -0.2) is 24.3 Å². The Bertz CT molecular complexity index is 1100. The molecule has 0 bridgehead atoms. The molecule has 0 aliphatic carbocycles. The lowest BCUT2D eigenvalue weighted by Gasteiger charge is -2.18. The Labute approximate surface area is 226 Å². The molecular formula is C32H41NO5. The molecule has 2 aromatic carbocycles. The molecule has 2 aromatic rings. The summed E-state index contributed by atoms with van der Waals surface area (Å²) >= 11 is 0. The Hall–Kier alpha value is -3.41. The molecule has 0 amide bonds. The first-order valence-corrected chi connectivity index (χ1v) is 14.2. The van der Waals surface area contributed by atoms with Crippen LogP contribution in [0.5, 0.6) is 5.75 Å². The molecule has 6 heteroatoms. The van der Waals surface area contributed by atoms with Gasteiger partial charge in [0.15, 0.2) is 0 Å². The van der Waals surface area contributed by atoms with Gasteiger partial charge in [-0.15, -0.1) is 0 Å². The summed E-state index contributed by atoms with van der Waals surface area (Å²) in [6, 6.07) is 12.9. The van der Waals surface area contributed by atoms with Crippen LogP contribution in [0.4, 0.5) is 0 Å². The Morgan fingerprint density at radius 1 is 0.737 bits per heavy atom. The molecule has 0 radical (unpaired) electrons. The number of fused-ring (bicyclic) bond motifs is 1. The molecule has 6 nitrogen and oxygen atoms in total. The van der Waals surface area contributed by atoms with E-state index in [4.69, 9.17) is 15.2 Å². The summed E-state index contributed by atoms with van der Waals surface area (Å²) < 4.78 is 10.7. The van der Waals surface area contributed by atoms with Crippen molar-refractivity contribution >= 4 is 23.4 Å². The SMILES string of the molecule is CCCCCCCCCCCCCCCOC(=O)c1ccc(/C(N)=C2/C(=O)Oc3ccccc3C2=O)cc1. The quantitative estimate of drug-likeness (QED) is 0.0816. The number of nitrogens with two attached hydrogens (primary N) is 1. The van der Waals surface area contributed by atoms with Crippen molar-refractivity contribution in [1.29, 1.82) is 0 Å². The monoisotopic (exact) mass is 519 g/mol. The zero-order chi connectivity index (χ0) is 27.2. The lowest BCUT2D eigenvalue weighted by molar-refractivity contribution is -0.130. The third-order valence-corrected chi connectivity index (χ3v) is 6.95. The minimum Gasteiger partial charge on any atom is -0.462 e. The van der Waals surface area contributed by atoms with E-state index in [1.54, 1.807) is 48.5 Å². The van der Waals surface area contributed by atoms with Gasteiger partial charge in [0.25, 0.3) is 0 Å². The van der Waals surface area contributed by atoms with Crippen LogP contribution in [0.2, 0.25) is 0 Å². The van der Waals surface area contributed by atoms with Crippen LogP contribution in [-0.2, 0) is 9.53 Å². The zero-order valence-corrected chi connectivity index (χ0v) is 22.6. The molecule has 0 spiro atoms. The first kappa shape index (κ1) is 29.2. The van der Waals surface area contributed by atoms with Crippen molar-refractivity contribution in [1.82, 2.24) is 0 Å². The molecule has 1 aliphatic heterocycles. The Kier molecular flexibility index (Phi) is 12.1. The first-order valence-electron chi connectivity index (χ1n) is 14.2. The number of ether oxygens (including phenoxy) is 2. The number of carbonyl (C=O) groups excluding carboxylic acids is 3. The van der Waals surface area contributed by atoms with Crippen molar-refractivity contribution < 1.29 is 23.9 Å². The Morgan fingerprint density at radius 3 is 1.87 bits per heavy atom. The minimum atomic E-state index is -0.785. The van der Waals surface area contributed by atoms with Crippen LogP contribution in [0, 0.1) is 0 Å². The van der Waals surface area contributed by atoms with Crippen molar-refractivity contribution in [2.45, 2.75) is 90.4 Å². The third kappa shape index (κ3) is 8.57. The number of hydrogen-bond acceptors (Lipinski definition) is 6. The molecule has 1 aliphatic rings. The maximum atomic E-state index is 12.8. The van der Waals surface area contributed by atoms with Gasteiger partial charge in [-0.1, -0.05) is 108 Å². The number of hydrogen-bond donors (Lipinski definition) is 1. The highest BCUT2D eigenvalue weighted by Crippen LogP contribution is 2.30. The molecule has 0 unspecified atom stereocenters. The maximum absolute atomic E-state index is 12.8. The smallest absolute Gasteiger partial charge is 0.349 e. The molecule has 38 heavy (non-hydrogen) atoms. The van der Waals surface area contributed by atoms with Gasteiger partial charge in [-0.2, -0.15) is 0 Å². The van der Waals surface area contributed by atoms with Crippen LogP contribution in [0.15, 0.2) is 54.1 Å². The highest BCUT2D eigenvalue weighted by atomic mass is 16.5. The van der Waals surface area contributed by atoms with E-state index in [0.29, 0.717) is 23.3 Å². The molecule has 0 saturated carbocycles. The molecule has 0 saturated heterocycles. The van der Waals surface area contributed by atoms with E-state index in [0.717, 1.165) is 12.8 Å². The second kappa shape index (κ2) is 15.8. The van der Waals surface area contributed by atoms with Gasteiger partial charge in [0.2, 0.25) is 5.78 Å². The Balaban J connectivity index is 1.35. The highest BCUT2D eigenvalue weighted by molar-refractivity contribution is 6.31. The van der Waals surface area contributed by atoms with E-state index in [1.807, 2.05) is 0 Å². The summed E-state index contributed by atoms with van der Waals surface area (Å²) in [6.07, 6.45) is 16.5. The van der Waals surface area contributed by atoms with Crippen LogP contribution in [0.1, 0.15) is 117 Å². The van der Waals surface area contributed by atoms with Gasteiger partial charge in [-0.05, 0) is 36.2 Å². The van der Waals surface area contributed by atoms with Crippen molar-refractivity contribution in [3.8, 4) is 5.75 Å². The fourth-order valence-corrected chi connectivity index (χ4v) is 4.65. The second-order valence-electron chi connectivity index (χ2n) is 9.96. The summed E-state index contributed by atoms with van der Waals surface area (Å²) in [7, 11) is 0. The number of para-hydroxylation sites is 1. The van der Waals surface area contributed by atoms with E-state index >= 15 is 0 Å². The number of unbranched alkanes of at least 4 members (excludes halogenated alkanes) is 12. The van der Waals surface area contributed by atoms with Crippen LogP contribution >= 0.6 is 0 Å². The molecule has 204 valence electrons. The van der Waals surface area contributed by atoms with Gasteiger partial charge < -0.3 is 15.2 Å². The number of Topliss-reactive ketones (excluding diaryl/α,β-unsaturated/α-hetero) is 1. The molecule has 3 rings (SSSR count). The van der Waals surface area contributed by atoms with E-state index in [-0.39, 0.29) is 17.0 Å². The topological polar surface area (TPSA) is 95.7 Å². The maximum Gasteiger partial charge on any atom is 0.349 e. The lowest BCUT2D eigenvalue weighted by atomic mass is 9.95. The number of esters is 2. The van der Waals surface area contributed by atoms with Gasteiger partial charge in [0.1, 0.15) is 11.3 Å². The molecule has 0 atom stereocenters. The second-order valence-corrected chi connectivity index (χ2v) is 9.96. The Morgan fingerprint density at radius 2 is 1.26 bits per heavy atom. The van der Waals surface area contributed by atoms with Crippen molar-refractivity contribution in [2.24, 2.45) is 5.73 Å². The fraction of sp³-hybridized carbons (Fsp3) is 0.469. The highest BCUT2D eigenvalue weighted by Gasteiger charge is 2.33. The van der Waals surface area contributed by atoms with E-state index in [1.165, 1.54) is 70.6 Å². The van der Waals surface area contributed by atoms with Gasteiger partial charge >= 0.3 is 11.9 Å². The van der Waals surface area contributed by atoms with Gasteiger partial charge in [-0.25, -0.2) is 9.59 Å². The lowest BCUT2D eigenvalue weighted by Crippen LogP contribution is -2.28. The van der Waals surface area contributed by atoms with Crippen molar-refractivity contribution in [3.05, 3.63) is 70.8 Å². The standard InChI is InChI=1S/C32H41NO5/c1-2-3-4-5-6-7-8-9-10-11-12-13-16-23-37-31(35)25-21-19-24(20-22-25)29(33)28-30(34)26-17-14-15-18-27(26)38-32(28)36/h14-15,17-22H,2-13,16,23,33H2,1H3/b29-28-. The first-order chi connectivity index (χ1) is 18.5. The van der Waals surface area contributed by atoms with Gasteiger partial charge in [-0.3, -0.25) is 4.79 Å². The summed E-state index contributed by atoms with van der Waals surface area (Å²) in [4.78, 5) is 37.6. The number of ketones is 1. The number of rotatable bonds is 16. The summed E-state index contributed by atoms with van der Waals surface area (Å²) in [6.45, 7) is 2.65. The summed E-state index contributed by atoms with van der Waals surface area (Å²) in [5.74, 6) is -1.44. The number of benzene rings is 2. The zero-order valence-electron chi connectivity index (χ0n) is 22.6. The van der Waals surface area contributed by atoms with Crippen LogP contribution < -0.4 is 10.5 Å². The molecular weight excluding hydrogens is 478 g/mol. The molecule has 2 N–H and O–H groups in total. The van der Waals surface area contributed by atoms with E-state index in [9.17, 15) is 14.4 Å². The third-order valence-electron chi connectivity index (χ3n) is 6.95. The average molecular weight is 520 g/mol. The average Bonchev–Trinajstić information content (AvgIpc) is 2.93. The molecule has 0 aromatic heterocycles. The van der Waals surface area contributed by atoms with Crippen LogP contribution in [0.3, 0.4) is 0 Å².